The van der Waals surface area contributed by atoms with Crippen LogP contribution < -0.4 is 10.6 Å². The first-order chi connectivity index (χ1) is 6.84. The van der Waals surface area contributed by atoms with Crippen LogP contribution in [0.5, 0.6) is 0 Å². The van der Waals surface area contributed by atoms with Gasteiger partial charge in [-0.2, -0.15) is 0 Å². The van der Waals surface area contributed by atoms with E-state index in [1.54, 1.807) is 18.5 Å². The van der Waals surface area contributed by atoms with Crippen molar-refractivity contribution < 1.29 is 4.79 Å². The maximum atomic E-state index is 11.1. The molecule has 0 atom stereocenters. The van der Waals surface area contributed by atoms with Gasteiger partial charge in [-0.05, 0) is 11.5 Å². The predicted octanol–water partition coefficient (Wildman–Crippen LogP) is 0.175. The molecule has 0 N–H and O–H groups in total. The second-order valence-corrected chi connectivity index (χ2v) is 3.19. The van der Waals surface area contributed by atoms with Crippen LogP contribution in [0.2, 0.25) is 0 Å². The predicted molar refractivity (Wildman–Crippen MR) is 52.0 cm³/mol. The minimum absolute atomic E-state index is 0.184. The maximum absolute atomic E-state index is 11.1. The standard InChI is InChI=1S/C11H6N2O/c14-10-5-8-2-1-7-3-4-12-6-9(7)11(8)13-10/h1-6H. The zero-order valence-electron chi connectivity index (χ0n) is 7.27. The van der Waals surface area contributed by atoms with Crippen LogP contribution in [0.4, 0.5) is 0 Å². The molecule has 2 aromatic rings. The highest BCUT2D eigenvalue weighted by Gasteiger charge is 2.05. The molecule has 0 saturated heterocycles. The second kappa shape index (κ2) is 2.48. The summed E-state index contributed by atoms with van der Waals surface area (Å²) in [4.78, 5) is 19.1. The Labute approximate surface area is 79.4 Å². The van der Waals surface area contributed by atoms with Crippen molar-refractivity contribution in [2.75, 3.05) is 0 Å². The number of amides is 1. The average molecular weight is 182 g/mol. The van der Waals surface area contributed by atoms with E-state index in [0.29, 0.717) is 0 Å². The van der Waals surface area contributed by atoms with Crippen LogP contribution >= 0.6 is 0 Å². The summed E-state index contributed by atoms with van der Waals surface area (Å²) in [6.45, 7) is 0. The lowest BCUT2D eigenvalue weighted by Crippen LogP contribution is -2.21. The van der Waals surface area contributed by atoms with Gasteiger partial charge in [0.15, 0.2) is 0 Å². The Hall–Kier alpha value is -2.03. The number of carbonyl (C=O) groups excluding carboxylic acids is 1. The molecule has 66 valence electrons. The molecular formula is C11H6N2O. The Morgan fingerprint density at radius 2 is 2.07 bits per heavy atom. The van der Waals surface area contributed by atoms with Crippen LogP contribution in [0.1, 0.15) is 0 Å². The number of fused-ring (bicyclic) bond motifs is 3. The van der Waals surface area contributed by atoms with Gasteiger partial charge in [0.1, 0.15) is 0 Å². The van der Waals surface area contributed by atoms with Gasteiger partial charge in [-0.25, -0.2) is 4.99 Å². The van der Waals surface area contributed by atoms with Gasteiger partial charge in [-0.15, -0.1) is 0 Å². The van der Waals surface area contributed by atoms with Gasteiger partial charge >= 0.3 is 0 Å². The van der Waals surface area contributed by atoms with Crippen LogP contribution in [-0.4, -0.2) is 10.9 Å². The fraction of sp³-hybridized carbons (Fsp3) is 0. The zero-order chi connectivity index (χ0) is 9.54. The van der Waals surface area contributed by atoms with Crippen molar-refractivity contribution in [3.8, 4) is 0 Å². The smallest absolute Gasteiger partial charge is 0.267 e. The Kier molecular flexibility index (Phi) is 1.31. The molecule has 3 heteroatoms. The van der Waals surface area contributed by atoms with Crippen molar-refractivity contribution in [3.63, 3.8) is 0 Å². The molecule has 1 amide bonds. The third-order valence-corrected chi connectivity index (χ3v) is 2.33. The summed E-state index contributed by atoms with van der Waals surface area (Å²) in [6, 6.07) is 5.79. The molecule has 0 radical (unpaired) electrons. The lowest BCUT2D eigenvalue weighted by molar-refractivity contribution is -0.112. The zero-order valence-corrected chi connectivity index (χ0v) is 7.27. The third kappa shape index (κ3) is 0.893. The molecular weight excluding hydrogens is 176 g/mol. The molecule has 0 unspecified atom stereocenters. The first kappa shape index (κ1) is 7.38. The largest absolute Gasteiger partial charge is 0.270 e. The van der Waals surface area contributed by atoms with Gasteiger partial charge in [0.25, 0.3) is 5.91 Å². The van der Waals surface area contributed by atoms with Crippen molar-refractivity contribution >= 4 is 22.8 Å². The van der Waals surface area contributed by atoms with Gasteiger partial charge in [0.05, 0.1) is 5.36 Å². The summed E-state index contributed by atoms with van der Waals surface area (Å²) in [5.74, 6) is -0.184. The number of rotatable bonds is 0. The molecule has 2 heterocycles. The minimum Gasteiger partial charge on any atom is -0.267 e. The van der Waals surface area contributed by atoms with Crippen molar-refractivity contribution in [3.05, 3.63) is 41.2 Å². The van der Waals surface area contributed by atoms with Crippen LogP contribution in [0.15, 0.2) is 35.6 Å². The molecule has 1 aromatic carbocycles. The summed E-state index contributed by atoms with van der Waals surface area (Å²) >= 11 is 0. The van der Waals surface area contributed by atoms with E-state index in [0.717, 1.165) is 21.3 Å². The number of pyridine rings is 1. The maximum Gasteiger partial charge on any atom is 0.270 e. The first-order valence-electron chi connectivity index (χ1n) is 4.32. The van der Waals surface area contributed by atoms with Gasteiger partial charge in [-0.1, -0.05) is 12.1 Å². The summed E-state index contributed by atoms with van der Waals surface area (Å²) in [5, 5.41) is 3.63. The monoisotopic (exact) mass is 182 g/mol. The topological polar surface area (TPSA) is 42.3 Å². The molecule has 1 aromatic heterocycles. The fourth-order valence-electron chi connectivity index (χ4n) is 1.68. The van der Waals surface area contributed by atoms with E-state index in [-0.39, 0.29) is 5.91 Å². The van der Waals surface area contributed by atoms with Gasteiger partial charge in [0, 0.05) is 29.1 Å². The molecule has 0 fully saturated rings. The van der Waals surface area contributed by atoms with E-state index in [1.165, 1.54) is 0 Å². The molecule has 0 bridgehead atoms. The summed E-state index contributed by atoms with van der Waals surface area (Å²) in [7, 11) is 0. The van der Waals surface area contributed by atoms with E-state index in [2.05, 4.69) is 9.98 Å². The Balaban J connectivity index is 2.65. The molecule has 1 aliphatic rings. The Bertz CT molecular complexity index is 659. The van der Waals surface area contributed by atoms with Crippen molar-refractivity contribution in [2.24, 2.45) is 4.99 Å². The average Bonchev–Trinajstić information content (AvgIpc) is 2.59. The van der Waals surface area contributed by atoms with Gasteiger partial charge < -0.3 is 0 Å². The third-order valence-electron chi connectivity index (χ3n) is 2.33. The van der Waals surface area contributed by atoms with E-state index >= 15 is 0 Å². The van der Waals surface area contributed by atoms with E-state index in [1.807, 2.05) is 18.2 Å². The Morgan fingerprint density at radius 1 is 1.14 bits per heavy atom. The van der Waals surface area contributed by atoms with Gasteiger partial charge in [-0.3, -0.25) is 9.78 Å². The first-order valence-corrected chi connectivity index (χ1v) is 4.32. The van der Waals surface area contributed by atoms with E-state index in [4.69, 9.17) is 0 Å². The Morgan fingerprint density at radius 3 is 3.00 bits per heavy atom. The highest BCUT2D eigenvalue weighted by molar-refractivity contribution is 6.07. The fourth-order valence-corrected chi connectivity index (χ4v) is 1.68. The summed E-state index contributed by atoms with van der Waals surface area (Å²) < 4.78 is 0. The molecule has 0 spiro atoms. The number of nitrogens with zero attached hydrogens (tertiary/aromatic N) is 2. The number of hydrogen-bond donors (Lipinski definition) is 0. The van der Waals surface area contributed by atoms with Crippen molar-refractivity contribution in [1.82, 2.24) is 4.98 Å². The number of hydrogen-bond acceptors (Lipinski definition) is 2. The van der Waals surface area contributed by atoms with Gasteiger partial charge in [0.2, 0.25) is 0 Å². The molecule has 3 nitrogen and oxygen atoms in total. The van der Waals surface area contributed by atoms with Crippen LogP contribution in [0, 0.1) is 0 Å². The highest BCUT2D eigenvalue weighted by Crippen LogP contribution is 2.05. The minimum atomic E-state index is -0.184. The second-order valence-electron chi connectivity index (χ2n) is 3.19. The van der Waals surface area contributed by atoms with Crippen molar-refractivity contribution in [1.29, 1.82) is 0 Å². The van der Waals surface area contributed by atoms with E-state index < -0.39 is 0 Å². The van der Waals surface area contributed by atoms with Crippen LogP contribution in [0.25, 0.3) is 16.8 Å². The molecule has 3 rings (SSSR count). The summed E-state index contributed by atoms with van der Waals surface area (Å²) in [6.07, 6.45) is 5.01. The SMILES string of the molecule is O=C1C=c2ccc3ccncc3c2=N1. The lowest BCUT2D eigenvalue weighted by Gasteiger charge is -1.94. The number of carbonyl (C=O) groups is 1. The molecule has 0 aliphatic carbocycles. The quantitative estimate of drug-likeness (QED) is 0.583. The van der Waals surface area contributed by atoms with Crippen LogP contribution in [-0.2, 0) is 4.79 Å². The molecule has 1 aliphatic heterocycles. The van der Waals surface area contributed by atoms with Crippen LogP contribution in [0.3, 0.4) is 0 Å². The van der Waals surface area contributed by atoms with E-state index in [9.17, 15) is 4.79 Å². The molecule has 0 saturated carbocycles. The lowest BCUT2D eigenvalue weighted by atomic mass is 10.1. The normalized spacial score (nSPS) is 13.6. The van der Waals surface area contributed by atoms with Crippen molar-refractivity contribution in [2.45, 2.75) is 0 Å². The number of benzene rings is 1. The molecule has 14 heavy (non-hydrogen) atoms. The highest BCUT2D eigenvalue weighted by atomic mass is 16.1. The number of aromatic nitrogens is 1. The summed E-state index contributed by atoms with van der Waals surface area (Å²) in [5.41, 5.74) is 0.